The molecule has 130 valence electrons. The number of benzene rings is 2. The second-order valence-corrected chi connectivity index (χ2v) is 7.74. The van der Waals surface area contributed by atoms with Crippen LogP contribution in [0, 0.1) is 0 Å². The van der Waals surface area contributed by atoms with Crippen LogP contribution in [-0.4, -0.2) is 22.6 Å². The molecule has 2 nitrogen and oxygen atoms in total. The van der Waals surface area contributed by atoms with E-state index in [0.717, 1.165) is 24.4 Å². The minimum Gasteiger partial charge on any atom is -0.344 e. The Balaban J connectivity index is 1.82. The summed E-state index contributed by atoms with van der Waals surface area (Å²) >= 11 is 6.33. The molecule has 2 unspecified atom stereocenters. The van der Waals surface area contributed by atoms with Crippen molar-refractivity contribution >= 4 is 22.5 Å². The van der Waals surface area contributed by atoms with Crippen LogP contribution in [0.5, 0.6) is 0 Å². The molecule has 0 N–H and O–H groups in total. The van der Waals surface area contributed by atoms with Crippen LogP contribution in [-0.2, 0) is 19.4 Å². The van der Waals surface area contributed by atoms with Gasteiger partial charge in [0.2, 0.25) is 0 Å². The molecule has 1 aliphatic rings. The van der Waals surface area contributed by atoms with Crippen LogP contribution >= 0.6 is 11.6 Å². The number of hydrogen-bond acceptors (Lipinski definition) is 1. The van der Waals surface area contributed by atoms with Crippen molar-refractivity contribution in [3.05, 3.63) is 70.4 Å². The number of rotatable bonds is 3. The van der Waals surface area contributed by atoms with Gasteiger partial charge in [-0.2, -0.15) is 0 Å². The second-order valence-electron chi connectivity index (χ2n) is 7.30. The van der Waals surface area contributed by atoms with Gasteiger partial charge in [0.15, 0.2) is 0 Å². The molecule has 0 bridgehead atoms. The van der Waals surface area contributed by atoms with Gasteiger partial charge in [0.25, 0.3) is 0 Å². The summed E-state index contributed by atoms with van der Waals surface area (Å²) in [6.07, 6.45) is 2.15. The van der Waals surface area contributed by atoms with E-state index in [1.807, 2.05) is 6.07 Å². The summed E-state index contributed by atoms with van der Waals surface area (Å²) in [5.41, 5.74) is 5.67. The molecular weight excluding hydrogens is 328 g/mol. The fourth-order valence-corrected chi connectivity index (χ4v) is 4.41. The minimum absolute atomic E-state index is 0.415. The van der Waals surface area contributed by atoms with Gasteiger partial charge in [0.05, 0.1) is 0 Å². The average molecular weight is 353 g/mol. The van der Waals surface area contributed by atoms with Gasteiger partial charge in [0, 0.05) is 46.7 Å². The zero-order chi connectivity index (χ0) is 17.6. The first-order valence-electron chi connectivity index (χ1n) is 9.12. The Morgan fingerprint density at radius 1 is 1.08 bits per heavy atom. The van der Waals surface area contributed by atoms with Crippen molar-refractivity contribution in [2.24, 2.45) is 0 Å². The molecule has 0 saturated carbocycles. The van der Waals surface area contributed by atoms with E-state index in [9.17, 15) is 0 Å². The van der Waals surface area contributed by atoms with Gasteiger partial charge >= 0.3 is 0 Å². The molecule has 0 saturated heterocycles. The Labute approximate surface area is 155 Å². The number of hydrogen-bond donors (Lipinski definition) is 0. The van der Waals surface area contributed by atoms with Crippen LogP contribution < -0.4 is 0 Å². The quantitative estimate of drug-likeness (QED) is 0.606. The Bertz CT molecular complexity index is 897. The van der Waals surface area contributed by atoms with Crippen LogP contribution in [0.25, 0.3) is 10.9 Å². The zero-order valence-electron chi connectivity index (χ0n) is 15.2. The molecule has 25 heavy (non-hydrogen) atoms. The number of halogens is 1. The van der Waals surface area contributed by atoms with Crippen LogP contribution in [0.2, 0.25) is 5.02 Å². The fraction of sp³-hybridized carbons (Fsp3) is 0.364. The number of likely N-dealkylation sites (N-methyl/N-ethyl adjacent to an activating group) is 1. The van der Waals surface area contributed by atoms with E-state index >= 15 is 0 Å². The molecule has 2 aromatic carbocycles. The topological polar surface area (TPSA) is 8.17 Å². The molecule has 0 amide bonds. The van der Waals surface area contributed by atoms with Crippen molar-refractivity contribution in [3.63, 3.8) is 0 Å². The van der Waals surface area contributed by atoms with Crippen molar-refractivity contribution < 1.29 is 0 Å². The Morgan fingerprint density at radius 2 is 1.84 bits per heavy atom. The fourth-order valence-electron chi connectivity index (χ4n) is 4.24. The molecule has 0 spiro atoms. The standard InChI is InChI=1S/C22H25ClN2/c1-15-13-21-22(16(2)24(15)3)19-14-18(23)9-10-20(19)25(21)12-11-17-7-5-4-6-8-17/h4-10,14-16H,11-13H2,1-3H3. The van der Waals surface area contributed by atoms with E-state index in [-0.39, 0.29) is 0 Å². The molecule has 2 heterocycles. The highest BCUT2D eigenvalue weighted by Gasteiger charge is 2.31. The van der Waals surface area contributed by atoms with Gasteiger partial charge in [-0.15, -0.1) is 0 Å². The molecule has 4 rings (SSSR count). The van der Waals surface area contributed by atoms with Gasteiger partial charge in [0.1, 0.15) is 0 Å². The highest BCUT2D eigenvalue weighted by Crippen LogP contribution is 2.40. The Hall–Kier alpha value is -1.77. The molecule has 0 radical (unpaired) electrons. The molecule has 1 aliphatic heterocycles. The van der Waals surface area contributed by atoms with E-state index in [4.69, 9.17) is 11.6 Å². The smallest absolute Gasteiger partial charge is 0.0487 e. The normalized spacial score (nSPS) is 20.8. The lowest BCUT2D eigenvalue weighted by Crippen LogP contribution is -2.38. The van der Waals surface area contributed by atoms with Crippen molar-refractivity contribution in [2.45, 2.75) is 45.3 Å². The van der Waals surface area contributed by atoms with Crippen molar-refractivity contribution in [3.8, 4) is 0 Å². The van der Waals surface area contributed by atoms with E-state index in [2.05, 4.69) is 72.8 Å². The lowest BCUT2D eigenvalue weighted by Gasteiger charge is -2.37. The third kappa shape index (κ3) is 2.88. The predicted octanol–water partition coefficient (Wildman–Crippen LogP) is 5.47. The van der Waals surface area contributed by atoms with Gasteiger partial charge in [-0.3, -0.25) is 4.90 Å². The summed E-state index contributed by atoms with van der Waals surface area (Å²) in [4.78, 5) is 2.48. The summed E-state index contributed by atoms with van der Waals surface area (Å²) < 4.78 is 2.54. The number of nitrogens with zero attached hydrogens (tertiary/aromatic N) is 2. The summed E-state index contributed by atoms with van der Waals surface area (Å²) in [7, 11) is 2.23. The molecule has 1 aromatic heterocycles. The largest absolute Gasteiger partial charge is 0.344 e. The van der Waals surface area contributed by atoms with Gasteiger partial charge in [-0.05, 0) is 56.6 Å². The first kappa shape index (κ1) is 16.7. The van der Waals surface area contributed by atoms with Gasteiger partial charge in [-0.1, -0.05) is 41.9 Å². The van der Waals surface area contributed by atoms with E-state index < -0.39 is 0 Å². The lowest BCUT2D eigenvalue weighted by molar-refractivity contribution is 0.177. The molecule has 2 atom stereocenters. The lowest BCUT2D eigenvalue weighted by atomic mass is 9.93. The zero-order valence-corrected chi connectivity index (χ0v) is 15.9. The van der Waals surface area contributed by atoms with E-state index in [0.29, 0.717) is 12.1 Å². The SMILES string of the molecule is CC1Cc2c(c3cc(Cl)ccc3n2CCc2ccccc2)C(C)N1C. The number of fused-ring (bicyclic) bond motifs is 3. The van der Waals surface area contributed by atoms with Crippen molar-refractivity contribution in [1.82, 2.24) is 9.47 Å². The van der Waals surface area contributed by atoms with Crippen molar-refractivity contribution in [1.29, 1.82) is 0 Å². The highest BCUT2D eigenvalue weighted by molar-refractivity contribution is 6.31. The monoisotopic (exact) mass is 352 g/mol. The first-order valence-corrected chi connectivity index (χ1v) is 9.50. The summed E-state index contributed by atoms with van der Waals surface area (Å²) in [6, 6.07) is 18.1. The molecule has 3 heteroatoms. The third-order valence-corrected chi connectivity index (χ3v) is 6.09. The second kappa shape index (κ2) is 6.51. The molecule has 3 aromatic rings. The van der Waals surface area contributed by atoms with Crippen LogP contribution in [0.4, 0.5) is 0 Å². The van der Waals surface area contributed by atoms with Crippen LogP contribution in [0.15, 0.2) is 48.5 Å². The summed E-state index contributed by atoms with van der Waals surface area (Å²) in [5.74, 6) is 0. The summed E-state index contributed by atoms with van der Waals surface area (Å²) in [5, 5.41) is 2.14. The van der Waals surface area contributed by atoms with Gasteiger partial charge < -0.3 is 4.57 Å². The van der Waals surface area contributed by atoms with E-state index in [1.165, 1.54) is 27.7 Å². The van der Waals surface area contributed by atoms with Crippen LogP contribution in [0.1, 0.15) is 36.7 Å². The van der Waals surface area contributed by atoms with E-state index in [1.54, 1.807) is 0 Å². The molecular formula is C22H25ClN2. The first-order chi connectivity index (χ1) is 12.1. The highest BCUT2D eigenvalue weighted by atomic mass is 35.5. The third-order valence-electron chi connectivity index (χ3n) is 5.86. The maximum atomic E-state index is 6.33. The van der Waals surface area contributed by atoms with Gasteiger partial charge in [-0.25, -0.2) is 0 Å². The number of aromatic nitrogens is 1. The molecule has 0 aliphatic carbocycles. The Kier molecular flexibility index (Phi) is 4.35. The minimum atomic E-state index is 0.415. The van der Waals surface area contributed by atoms with Crippen LogP contribution in [0.3, 0.4) is 0 Å². The maximum Gasteiger partial charge on any atom is 0.0487 e. The predicted molar refractivity (Wildman–Crippen MR) is 106 cm³/mol. The maximum absolute atomic E-state index is 6.33. The summed E-state index contributed by atoms with van der Waals surface area (Å²) in [6.45, 7) is 5.66. The Morgan fingerprint density at radius 3 is 2.60 bits per heavy atom. The average Bonchev–Trinajstić information content (AvgIpc) is 2.91. The number of aryl methyl sites for hydroxylation is 2. The molecule has 0 fully saturated rings. The van der Waals surface area contributed by atoms with Crippen molar-refractivity contribution in [2.75, 3.05) is 7.05 Å².